The smallest absolute Gasteiger partial charge is 0.228 e. The van der Waals surface area contributed by atoms with Crippen LogP contribution in [0.25, 0.3) is 0 Å². The Hall–Kier alpha value is -2.28. The fourth-order valence-electron chi connectivity index (χ4n) is 4.18. The highest BCUT2D eigenvalue weighted by molar-refractivity contribution is 6.00. The van der Waals surface area contributed by atoms with E-state index in [4.69, 9.17) is 9.47 Å². The van der Waals surface area contributed by atoms with Crippen molar-refractivity contribution in [3.63, 3.8) is 0 Å². The molecule has 2 saturated heterocycles. The Labute approximate surface area is 159 Å². The third kappa shape index (κ3) is 3.60. The number of hydrogen-bond acceptors (Lipinski definition) is 5. The summed E-state index contributed by atoms with van der Waals surface area (Å²) in [7, 11) is 0. The second-order valence-corrected chi connectivity index (χ2v) is 7.41. The summed E-state index contributed by atoms with van der Waals surface area (Å²) in [6.07, 6.45) is 2.18. The van der Waals surface area contributed by atoms with Gasteiger partial charge in [0.25, 0.3) is 0 Å². The van der Waals surface area contributed by atoms with E-state index in [9.17, 15) is 9.59 Å². The number of rotatable bonds is 5. The van der Waals surface area contributed by atoms with Crippen LogP contribution in [0, 0.1) is 5.92 Å². The Balaban J connectivity index is 1.48. The van der Waals surface area contributed by atoms with E-state index in [1.165, 1.54) is 0 Å². The van der Waals surface area contributed by atoms with Gasteiger partial charge >= 0.3 is 0 Å². The number of ether oxygens (including phenoxy) is 2. The molecule has 0 spiro atoms. The van der Waals surface area contributed by atoms with Gasteiger partial charge in [-0.25, -0.2) is 0 Å². The number of carbonyl (C=O) groups is 2. The van der Waals surface area contributed by atoms with Crippen LogP contribution >= 0.6 is 0 Å². The summed E-state index contributed by atoms with van der Waals surface area (Å²) in [5.74, 6) is 1.18. The number of benzene rings is 1. The first-order valence-corrected chi connectivity index (χ1v) is 9.88. The SMILES string of the molecule is CCCN(C(=O)C1CC(=O)N(c2ccc3c(c2)OCCO3)C1)C1CCNC1. The van der Waals surface area contributed by atoms with E-state index in [-0.39, 0.29) is 30.2 Å². The molecular weight excluding hydrogens is 346 g/mol. The van der Waals surface area contributed by atoms with Crippen molar-refractivity contribution in [2.75, 3.05) is 44.3 Å². The minimum Gasteiger partial charge on any atom is -0.486 e. The van der Waals surface area contributed by atoms with Gasteiger partial charge in [-0.15, -0.1) is 0 Å². The molecule has 0 radical (unpaired) electrons. The lowest BCUT2D eigenvalue weighted by Crippen LogP contribution is -2.45. The Morgan fingerprint density at radius 3 is 2.85 bits per heavy atom. The predicted octanol–water partition coefficient (Wildman–Crippen LogP) is 1.41. The number of nitrogens with one attached hydrogen (secondary N) is 1. The monoisotopic (exact) mass is 373 g/mol. The maximum Gasteiger partial charge on any atom is 0.228 e. The molecule has 27 heavy (non-hydrogen) atoms. The fraction of sp³-hybridized carbons (Fsp3) is 0.600. The first-order chi connectivity index (χ1) is 13.2. The van der Waals surface area contributed by atoms with Crippen molar-refractivity contribution >= 4 is 17.5 Å². The zero-order chi connectivity index (χ0) is 18.8. The van der Waals surface area contributed by atoms with Gasteiger partial charge in [-0.2, -0.15) is 0 Å². The number of carbonyl (C=O) groups excluding carboxylic acids is 2. The Morgan fingerprint density at radius 1 is 1.30 bits per heavy atom. The maximum absolute atomic E-state index is 13.2. The second-order valence-electron chi connectivity index (χ2n) is 7.41. The standard InChI is InChI=1S/C20H27N3O4/c1-2-7-22(16-5-6-21-12-16)20(25)14-10-19(24)23(13-14)15-3-4-17-18(11-15)27-9-8-26-17/h3-4,11,14,16,21H,2,5-10,12-13H2,1H3. The van der Waals surface area contributed by atoms with Gasteiger partial charge in [0, 0.05) is 43.9 Å². The highest BCUT2D eigenvalue weighted by atomic mass is 16.6. The molecule has 3 heterocycles. The first-order valence-electron chi connectivity index (χ1n) is 9.88. The first kappa shape index (κ1) is 18.1. The summed E-state index contributed by atoms with van der Waals surface area (Å²) in [5.41, 5.74) is 0.768. The molecule has 3 aliphatic heterocycles. The Bertz CT molecular complexity index is 717. The van der Waals surface area contributed by atoms with Crippen LogP contribution in [-0.2, 0) is 9.59 Å². The van der Waals surface area contributed by atoms with Crippen LogP contribution in [0.4, 0.5) is 5.69 Å². The number of amides is 2. The maximum atomic E-state index is 13.2. The van der Waals surface area contributed by atoms with Crippen molar-refractivity contribution < 1.29 is 19.1 Å². The van der Waals surface area contributed by atoms with E-state index in [1.54, 1.807) is 4.90 Å². The van der Waals surface area contributed by atoms with Crippen LogP contribution in [0.15, 0.2) is 18.2 Å². The highest BCUT2D eigenvalue weighted by Gasteiger charge is 2.39. The number of nitrogens with zero attached hydrogens (tertiary/aromatic N) is 2. The summed E-state index contributed by atoms with van der Waals surface area (Å²) >= 11 is 0. The van der Waals surface area contributed by atoms with Crippen LogP contribution in [0.2, 0.25) is 0 Å². The summed E-state index contributed by atoms with van der Waals surface area (Å²) in [6.45, 7) is 6.10. The molecule has 1 N–H and O–H groups in total. The van der Waals surface area contributed by atoms with E-state index in [0.29, 0.717) is 31.3 Å². The second kappa shape index (κ2) is 7.76. The van der Waals surface area contributed by atoms with Gasteiger partial charge < -0.3 is 24.6 Å². The van der Waals surface area contributed by atoms with E-state index < -0.39 is 0 Å². The van der Waals surface area contributed by atoms with Crippen molar-refractivity contribution in [3.8, 4) is 11.5 Å². The summed E-state index contributed by atoms with van der Waals surface area (Å²) in [6, 6.07) is 5.78. The van der Waals surface area contributed by atoms with Gasteiger partial charge in [-0.05, 0) is 31.5 Å². The molecule has 7 nitrogen and oxygen atoms in total. The van der Waals surface area contributed by atoms with Gasteiger partial charge in [0.05, 0.1) is 5.92 Å². The molecule has 0 bridgehead atoms. The predicted molar refractivity (Wildman–Crippen MR) is 101 cm³/mol. The van der Waals surface area contributed by atoms with Gasteiger partial charge in [0.15, 0.2) is 11.5 Å². The largest absolute Gasteiger partial charge is 0.486 e. The third-order valence-electron chi connectivity index (χ3n) is 5.53. The molecule has 0 aromatic heterocycles. The van der Waals surface area contributed by atoms with Crippen molar-refractivity contribution in [1.82, 2.24) is 10.2 Å². The molecule has 7 heteroatoms. The fourth-order valence-corrected chi connectivity index (χ4v) is 4.18. The summed E-state index contributed by atoms with van der Waals surface area (Å²) in [5, 5.41) is 3.33. The van der Waals surface area contributed by atoms with E-state index >= 15 is 0 Å². The molecular formula is C20H27N3O4. The molecule has 1 aromatic rings. The van der Waals surface area contributed by atoms with Gasteiger partial charge in [0.1, 0.15) is 13.2 Å². The lowest BCUT2D eigenvalue weighted by atomic mass is 10.0. The molecule has 3 aliphatic rings. The summed E-state index contributed by atoms with van der Waals surface area (Å²) < 4.78 is 11.2. The van der Waals surface area contributed by atoms with Crippen LogP contribution < -0.4 is 19.7 Å². The molecule has 2 fully saturated rings. The van der Waals surface area contributed by atoms with Crippen LogP contribution in [0.5, 0.6) is 11.5 Å². The molecule has 2 atom stereocenters. The van der Waals surface area contributed by atoms with Crippen molar-refractivity contribution in [2.24, 2.45) is 5.92 Å². The Morgan fingerprint density at radius 2 is 2.11 bits per heavy atom. The topological polar surface area (TPSA) is 71.1 Å². The van der Waals surface area contributed by atoms with Gasteiger partial charge in [0.2, 0.25) is 11.8 Å². The lowest BCUT2D eigenvalue weighted by Gasteiger charge is -2.30. The number of anilines is 1. The van der Waals surface area contributed by atoms with Crippen LogP contribution in [0.3, 0.4) is 0 Å². The minimum absolute atomic E-state index is 0.00831. The van der Waals surface area contributed by atoms with Gasteiger partial charge in [-0.3, -0.25) is 9.59 Å². The molecule has 146 valence electrons. The number of hydrogen-bond donors (Lipinski definition) is 1. The molecule has 0 saturated carbocycles. The third-order valence-corrected chi connectivity index (χ3v) is 5.53. The molecule has 0 aliphatic carbocycles. The van der Waals surface area contributed by atoms with Gasteiger partial charge in [-0.1, -0.05) is 6.92 Å². The average molecular weight is 373 g/mol. The van der Waals surface area contributed by atoms with E-state index in [2.05, 4.69) is 12.2 Å². The number of fused-ring (bicyclic) bond motifs is 1. The molecule has 2 amide bonds. The normalized spacial score (nSPS) is 24.3. The van der Waals surface area contributed by atoms with Crippen LogP contribution in [-0.4, -0.2) is 62.1 Å². The van der Waals surface area contributed by atoms with E-state index in [1.807, 2.05) is 23.1 Å². The average Bonchev–Trinajstić information content (AvgIpc) is 3.35. The zero-order valence-electron chi connectivity index (χ0n) is 15.8. The lowest BCUT2D eigenvalue weighted by molar-refractivity contribution is -0.137. The van der Waals surface area contributed by atoms with E-state index in [0.717, 1.165) is 38.2 Å². The van der Waals surface area contributed by atoms with Crippen LogP contribution in [0.1, 0.15) is 26.2 Å². The van der Waals surface area contributed by atoms with Crippen molar-refractivity contribution in [3.05, 3.63) is 18.2 Å². The summed E-state index contributed by atoms with van der Waals surface area (Å²) in [4.78, 5) is 29.5. The molecule has 4 rings (SSSR count). The Kier molecular flexibility index (Phi) is 5.20. The zero-order valence-corrected chi connectivity index (χ0v) is 15.8. The quantitative estimate of drug-likeness (QED) is 0.845. The molecule has 2 unspecified atom stereocenters. The van der Waals surface area contributed by atoms with Crippen molar-refractivity contribution in [1.29, 1.82) is 0 Å². The highest BCUT2D eigenvalue weighted by Crippen LogP contribution is 2.36. The van der Waals surface area contributed by atoms with Crippen molar-refractivity contribution in [2.45, 2.75) is 32.2 Å². The molecule has 1 aromatic carbocycles. The minimum atomic E-state index is -0.280.